The van der Waals surface area contributed by atoms with E-state index in [9.17, 15) is 4.79 Å². The van der Waals surface area contributed by atoms with Crippen molar-refractivity contribution < 1.29 is 9.53 Å². The van der Waals surface area contributed by atoms with Gasteiger partial charge in [0.05, 0.1) is 11.9 Å². The maximum absolute atomic E-state index is 12.0. The van der Waals surface area contributed by atoms with Gasteiger partial charge in [0.1, 0.15) is 0 Å². The van der Waals surface area contributed by atoms with Crippen LogP contribution in [0.1, 0.15) is 136 Å². The average Bonchev–Trinajstić information content (AvgIpc) is 2.70. The topological polar surface area (TPSA) is 26.3 Å². The third-order valence-electron chi connectivity index (χ3n) is 5.44. The summed E-state index contributed by atoms with van der Waals surface area (Å²) in [7, 11) is 0. The Labute approximate surface area is 181 Å². The van der Waals surface area contributed by atoms with Gasteiger partial charge >= 0.3 is 5.97 Å². The van der Waals surface area contributed by atoms with Gasteiger partial charge in [0.2, 0.25) is 0 Å². The first-order chi connectivity index (χ1) is 13.7. The monoisotopic (exact) mass is 414 g/mol. The van der Waals surface area contributed by atoms with E-state index in [2.05, 4.69) is 13.8 Å². The van der Waals surface area contributed by atoms with E-state index >= 15 is 0 Å². The van der Waals surface area contributed by atoms with Gasteiger partial charge < -0.3 is 4.74 Å². The third-order valence-corrected chi connectivity index (χ3v) is 6.66. The third kappa shape index (κ3) is 20.6. The van der Waals surface area contributed by atoms with E-state index in [-0.39, 0.29) is 11.2 Å². The molecular weight excluding hydrogens is 364 g/mol. The second-order valence-electron chi connectivity index (χ2n) is 8.34. The standard InChI is InChI=1S/C25H50O2S/c1-4-6-8-10-12-13-14-15-16-17-18-20-22-27-25(26)24(3)28-23-21-19-11-9-7-5-2/h24H,4-23H2,1-3H3. The molecule has 0 saturated carbocycles. The van der Waals surface area contributed by atoms with E-state index in [1.54, 1.807) is 11.8 Å². The molecule has 0 amide bonds. The minimum absolute atomic E-state index is 0.00651. The summed E-state index contributed by atoms with van der Waals surface area (Å²) in [6.45, 7) is 7.13. The van der Waals surface area contributed by atoms with Gasteiger partial charge in [0.15, 0.2) is 0 Å². The maximum Gasteiger partial charge on any atom is 0.318 e. The highest BCUT2D eigenvalue weighted by Gasteiger charge is 2.14. The molecule has 168 valence electrons. The van der Waals surface area contributed by atoms with Crippen LogP contribution in [0.3, 0.4) is 0 Å². The number of rotatable bonds is 22. The van der Waals surface area contributed by atoms with Gasteiger partial charge in [0.25, 0.3) is 0 Å². The number of hydrogen-bond donors (Lipinski definition) is 0. The van der Waals surface area contributed by atoms with Crippen LogP contribution >= 0.6 is 11.8 Å². The highest BCUT2D eigenvalue weighted by Crippen LogP contribution is 2.16. The highest BCUT2D eigenvalue weighted by molar-refractivity contribution is 8.00. The van der Waals surface area contributed by atoms with Gasteiger partial charge in [-0.2, -0.15) is 0 Å². The average molecular weight is 415 g/mol. The van der Waals surface area contributed by atoms with E-state index in [1.165, 1.54) is 109 Å². The molecular formula is C25H50O2S. The molecule has 0 aromatic heterocycles. The second kappa shape index (κ2) is 23.1. The van der Waals surface area contributed by atoms with Crippen molar-refractivity contribution >= 4 is 17.7 Å². The van der Waals surface area contributed by atoms with E-state index in [0.29, 0.717) is 6.61 Å². The zero-order valence-corrected chi connectivity index (χ0v) is 20.3. The lowest BCUT2D eigenvalue weighted by Gasteiger charge is -2.11. The Bertz CT molecular complexity index is 320. The number of carbonyl (C=O) groups is 1. The lowest BCUT2D eigenvalue weighted by atomic mass is 10.1. The molecule has 1 unspecified atom stereocenters. The van der Waals surface area contributed by atoms with Crippen LogP contribution in [0.25, 0.3) is 0 Å². The molecule has 0 saturated heterocycles. The Balaban J connectivity index is 3.29. The minimum atomic E-state index is -0.0148. The van der Waals surface area contributed by atoms with Crippen LogP contribution in [0, 0.1) is 0 Å². The van der Waals surface area contributed by atoms with Gasteiger partial charge in [-0.05, 0) is 25.5 Å². The van der Waals surface area contributed by atoms with Gasteiger partial charge in [-0.25, -0.2) is 0 Å². The number of unbranched alkanes of at least 4 members (excludes halogenated alkanes) is 16. The van der Waals surface area contributed by atoms with Gasteiger partial charge in [0, 0.05) is 0 Å². The van der Waals surface area contributed by atoms with Crippen LogP contribution in [-0.4, -0.2) is 23.6 Å². The molecule has 0 spiro atoms. The summed E-state index contributed by atoms with van der Waals surface area (Å²) in [4.78, 5) is 12.0. The smallest absolute Gasteiger partial charge is 0.318 e. The Morgan fingerprint density at radius 2 is 1.04 bits per heavy atom. The fourth-order valence-corrected chi connectivity index (χ4v) is 4.37. The van der Waals surface area contributed by atoms with Crippen LogP contribution in [-0.2, 0) is 9.53 Å². The van der Waals surface area contributed by atoms with Gasteiger partial charge in [-0.1, -0.05) is 117 Å². The molecule has 0 aliphatic rings. The predicted octanol–water partition coefficient (Wildman–Crippen LogP) is 8.71. The number of carbonyl (C=O) groups excluding carboxylic acids is 1. The van der Waals surface area contributed by atoms with Crippen LogP contribution in [0.4, 0.5) is 0 Å². The summed E-state index contributed by atoms with van der Waals surface area (Å²) < 4.78 is 5.45. The van der Waals surface area contributed by atoms with Gasteiger partial charge in [-0.3, -0.25) is 4.79 Å². The predicted molar refractivity (Wildman–Crippen MR) is 127 cm³/mol. The van der Waals surface area contributed by atoms with Crippen molar-refractivity contribution in [3.63, 3.8) is 0 Å². The normalized spacial score (nSPS) is 12.2. The molecule has 0 fully saturated rings. The Hall–Kier alpha value is -0.180. The summed E-state index contributed by atoms with van der Waals surface area (Å²) in [5, 5.41) is -0.00651. The molecule has 0 bridgehead atoms. The molecule has 0 aromatic carbocycles. The molecule has 0 N–H and O–H groups in total. The summed E-state index contributed by atoms with van der Waals surface area (Å²) in [5.41, 5.74) is 0. The lowest BCUT2D eigenvalue weighted by Crippen LogP contribution is -2.18. The van der Waals surface area contributed by atoms with Crippen molar-refractivity contribution in [3.8, 4) is 0 Å². The van der Waals surface area contributed by atoms with E-state index in [0.717, 1.165) is 12.2 Å². The number of thioether (sulfide) groups is 1. The fourth-order valence-electron chi connectivity index (χ4n) is 3.44. The van der Waals surface area contributed by atoms with E-state index < -0.39 is 0 Å². The zero-order chi connectivity index (χ0) is 20.7. The van der Waals surface area contributed by atoms with Crippen molar-refractivity contribution in [2.45, 2.75) is 142 Å². The largest absolute Gasteiger partial charge is 0.465 e. The van der Waals surface area contributed by atoms with Gasteiger partial charge in [-0.15, -0.1) is 11.8 Å². The molecule has 3 heteroatoms. The Morgan fingerprint density at radius 3 is 1.50 bits per heavy atom. The first-order valence-electron chi connectivity index (χ1n) is 12.5. The van der Waals surface area contributed by atoms with Crippen LogP contribution < -0.4 is 0 Å². The van der Waals surface area contributed by atoms with Crippen LogP contribution in [0.15, 0.2) is 0 Å². The highest BCUT2D eigenvalue weighted by atomic mass is 32.2. The quantitative estimate of drug-likeness (QED) is 0.131. The number of ether oxygens (including phenoxy) is 1. The summed E-state index contributed by atoms with van der Waals surface area (Å²) in [6.07, 6.45) is 23.9. The van der Waals surface area contributed by atoms with Crippen molar-refractivity contribution in [1.82, 2.24) is 0 Å². The molecule has 0 radical (unpaired) electrons. The lowest BCUT2D eigenvalue weighted by molar-refractivity contribution is -0.142. The van der Waals surface area contributed by atoms with Crippen molar-refractivity contribution in [1.29, 1.82) is 0 Å². The molecule has 1 atom stereocenters. The molecule has 0 aliphatic carbocycles. The molecule has 0 heterocycles. The maximum atomic E-state index is 12.0. The SMILES string of the molecule is CCCCCCCCCCCCCCOC(=O)C(C)SCCCCCCCC. The Morgan fingerprint density at radius 1 is 0.643 bits per heavy atom. The number of hydrogen-bond acceptors (Lipinski definition) is 3. The second-order valence-corrected chi connectivity index (χ2v) is 9.79. The zero-order valence-electron chi connectivity index (χ0n) is 19.4. The van der Waals surface area contributed by atoms with Crippen molar-refractivity contribution in [3.05, 3.63) is 0 Å². The van der Waals surface area contributed by atoms with Crippen molar-refractivity contribution in [2.24, 2.45) is 0 Å². The first kappa shape index (κ1) is 27.8. The first-order valence-corrected chi connectivity index (χ1v) is 13.6. The Kier molecular flexibility index (Phi) is 23.0. The molecule has 0 aliphatic heterocycles. The van der Waals surface area contributed by atoms with Crippen LogP contribution in [0.5, 0.6) is 0 Å². The summed E-state index contributed by atoms with van der Waals surface area (Å²) in [5.74, 6) is 1.07. The fraction of sp³-hybridized carbons (Fsp3) is 0.960. The summed E-state index contributed by atoms with van der Waals surface area (Å²) >= 11 is 1.76. The van der Waals surface area contributed by atoms with E-state index in [4.69, 9.17) is 4.74 Å². The summed E-state index contributed by atoms with van der Waals surface area (Å²) in [6, 6.07) is 0. The molecule has 2 nitrogen and oxygen atoms in total. The minimum Gasteiger partial charge on any atom is -0.465 e. The molecule has 0 aromatic rings. The van der Waals surface area contributed by atoms with Crippen molar-refractivity contribution in [2.75, 3.05) is 12.4 Å². The number of esters is 1. The van der Waals surface area contributed by atoms with Crippen LogP contribution in [0.2, 0.25) is 0 Å². The molecule has 28 heavy (non-hydrogen) atoms. The molecule has 0 rings (SSSR count). The van der Waals surface area contributed by atoms with E-state index in [1.807, 2.05) is 6.92 Å².